The molecular weight excluding hydrogens is 270 g/mol. The minimum absolute atomic E-state index is 0.0541. The Hall–Kier alpha value is -2.24. The highest BCUT2D eigenvalue weighted by atomic mass is 16.6. The van der Waals surface area contributed by atoms with Crippen LogP contribution < -0.4 is 5.43 Å². The lowest BCUT2D eigenvalue weighted by molar-refractivity contribution is -0.385. The fourth-order valence-corrected chi connectivity index (χ4v) is 2.50. The molecular formula is C15H19N3O3. The van der Waals surface area contributed by atoms with Crippen LogP contribution in [0.4, 0.5) is 5.69 Å². The molecule has 1 atom stereocenters. The van der Waals surface area contributed by atoms with Crippen molar-refractivity contribution in [2.24, 2.45) is 11.0 Å². The number of nitro groups is 1. The van der Waals surface area contributed by atoms with Crippen molar-refractivity contribution in [2.75, 3.05) is 0 Å². The molecule has 0 heterocycles. The quantitative estimate of drug-likeness (QED) is 0.685. The smallest absolute Gasteiger partial charge is 0.267 e. The van der Waals surface area contributed by atoms with E-state index < -0.39 is 10.8 Å². The number of hydrogen-bond donors (Lipinski definition) is 1. The van der Waals surface area contributed by atoms with Gasteiger partial charge in [-0.25, -0.2) is 5.43 Å². The Morgan fingerprint density at radius 2 is 2.24 bits per heavy atom. The molecule has 0 spiro atoms. The molecule has 21 heavy (non-hydrogen) atoms. The van der Waals surface area contributed by atoms with Crippen molar-refractivity contribution in [3.63, 3.8) is 0 Å². The molecule has 1 fully saturated rings. The van der Waals surface area contributed by atoms with Gasteiger partial charge in [-0.05, 0) is 44.6 Å². The van der Waals surface area contributed by atoms with Crippen molar-refractivity contribution in [3.05, 3.63) is 39.4 Å². The van der Waals surface area contributed by atoms with Gasteiger partial charge in [0.05, 0.1) is 4.92 Å². The standard InChI is InChI=1S/C15H19N3O3/c1-10-4-3-5-13(8-10)16-17-15(19)12-7-6-11(2)14(9-12)18(20)21/h6-7,9-10H,3-5,8H2,1-2H3,(H,17,19). The topological polar surface area (TPSA) is 84.6 Å². The molecule has 1 aromatic carbocycles. The molecule has 1 aliphatic rings. The number of nitro benzene ring substituents is 1. The molecule has 0 bridgehead atoms. The molecule has 1 unspecified atom stereocenters. The summed E-state index contributed by atoms with van der Waals surface area (Å²) in [5.41, 5.74) is 4.22. The van der Waals surface area contributed by atoms with Gasteiger partial charge in [-0.3, -0.25) is 14.9 Å². The lowest BCUT2D eigenvalue weighted by Gasteiger charge is -2.18. The summed E-state index contributed by atoms with van der Waals surface area (Å²) < 4.78 is 0. The number of aryl methyl sites for hydroxylation is 1. The molecule has 0 radical (unpaired) electrons. The van der Waals surface area contributed by atoms with Crippen LogP contribution in [-0.2, 0) is 0 Å². The molecule has 1 aliphatic carbocycles. The van der Waals surface area contributed by atoms with E-state index in [0.717, 1.165) is 25.0 Å². The number of nitrogens with one attached hydrogen (secondary N) is 1. The molecule has 0 aliphatic heterocycles. The number of hydrogen-bond acceptors (Lipinski definition) is 4. The average Bonchev–Trinajstić information content (AvgIpc) is 2.45. The molecule has 6 heteroatoms. The third-order valence-corrected chi connectivity index (χ3v) is 3.73. The van der Waals surface area contributed by atoms with E-state index in [2.05, 4.69) is 17.5 Å². The van der Waals surface area contributed by atoms with E-state index in [1.165, 1.54) is 12.5 Å². The number of carbonyl (C=O) groups is 1. The molecule has 6 nitrogen and oxygen atoms in total. The van der Waals surface area contributed by atoms with Crippen LogP contribution in [0.25, 0.3) is 0 Å². The first kappa shape index (κ1) is 15.2. The Bertz CT molecular complexity index is 596. The van der Waals surface area contributed by atoms with Gasteiger partial charge in [0.1, 0.15) is 0 Å². The summed E-state index contributed by atoms with van der Waals surface area (Å²) >= 11 is 0. The number of rotatable bonds is 3. The van der Waals surface area contributed by atoms with E-state index in [1.54, 1.807) is 19.1 Å². The molecule has 2 rings (SSSR count). The minimum atomic E-state index is -0.485. The first-order valence-corrected chi connectivity index (χ1v) is 7.08. The normalized spacial score (nSPS) is 20.3. The summed E-state index contributed by atoms with van der Waals surface area (Å²) in [4.78, 5) is 22.4. The van der Waals surface area contributed by atoms with E-state index in [9.17, 15) is 14.9 Å². The summed E-state index contributed by atoms with van der Waals surface area (Å²) in [6, 6.07) is 4.43. The second kappa shape index (κ2) is 6.47. The van der Waals surface area contributed by atoms with E-state index in [0.29, 0.717) is 11.5 Å². The van der Waals surface area contributed by atoms with E-state index >= 15 is 0 Å². The van der Waals surface area contributed by atoms with Crippen molar-refractivity contribution in [1.29, 1.82) is 0 Å². The van der Waals surface area contributed by atoms with Gasteiger partial charge in [0, 0.05) is 22.9 Å². The second-order valence-electron chi connectivity index (χ2n) is 5.58. The van der Waals surface area contributed by atoms with Crippen molar-refractivity contribution in [2.45, 2.75) is 39.5 Å². The van der Waals surface area contributed by atoms with Gasteiger partial charge in [0.25, 0.3) is 11.6 Å². The van der Waals surface area contributed by atoms with Crippen molar-refractivity contribution >= 4 is 17.3 Å². The van der Waals surface area contributed by atoms with Crippen LogP contribution in [0.1, 0.15) is 48.5 Å². The van der Waals surface area contributed by atoms with Crippen LogP contribution in [0, 0.1) is 23.0 Å². The van der Waals surface area contributed by atoms with E-state index in [-0.39, 0.29) is 11.3 Å². The van der Waals surface area contributed by atoms with Gasteiger partial charge in [0.2, 0.25) is 0 Å². The van der Waals surface area contributed by atoms with Gasteiger partial charge in [0.15, 0.2) is 0 Å². The predicted octanol–water partition coefficient (Wildman–Crippen LogP) is 3.20. The maximum absolute atomic E-state index is 12.0. The lowest BCUT2D eigenvalue weighted by atomic mass is 9.89. The van der Waals surface area contributed by atoms with Crippen LogP contribution in [0.3, 0.4) is 0 Å². The Morgan fingerprint density at radius 3 is 2.90 bits per heavy atom. The molecule has 0 aromatic heterocycles. The fraction of sp³-hybridized carbons (Fsp3) is 0.467. The average molecular weight is 289 g/mol. The summed E-state index contributed by atoms with van der Waals surface area (Å²) in [6.07, 6.45) is 4.08. The highest BCUT2D eigenvalue weighted by molar-refractivity contribution is 5.96. The predicted molar refractivity (Wildman–Crippen MR) is 80.4 cm³/mol. The summed E-state index contributed by atoms with van der Waals surface area (Å²) in [5, 5.41) is 15.0. The van der Waals surface area contributed by atoms with Crippen LogP contribution in [0.5, 0.6) is 0 Å². The molecule has 1 amide bonds. The molecule has 1 aromatic rings. The molecule has 1 N–H and O–H groups in total. The van der Waals surface area contributed by atoms with Crippen LogP contribution in [0.15, 0.2) is 23.3 Å². The highest BCUT2D eigenvalue weighted by Gasteiger charge is 2.16. The number of carbonyl (C=O) groups excluding carboxylic acids is 1. The molecule has 112 valence electrons. The Kier molecular flexibility index (Phi) is 4.67. The summed E-state index contributed by atoms with van der Waals surface area (Å²) in [5.74, 6) is 0.179. The Labute approximate surface area is 123 Å². The third-order valence-electron chi connectivity index (χ3n) is 3.73. The zero-order chi connectivity index (χ0) is 15.4. The monoisotopic (exact) mass is 289 g/mol. The van der Waals surface area contributed by atoms with Crippen LogP contribution >= 0.6 is 0 Å². The van der Waals surface area contributed by atoms with Gasteiger partial charge in [-0.15, -0.1) is 0 Å². The zero-order valence-electron chi connectivity index (χ0n) is 12.3. The second-order valence-corrected chi connectivity index (χ2v) is 5.58. The minimum Gasteiger partial charge on any atom is -0.267 e. The van der Waals surface area contributed by atoms with Gasteiger partial charge >= 0.3 is 0 Å². The Morgan fingerprint density at radius 1 is 1.48 bits per heavy atom. The number of benzene rings is 1. The van der Waals surface area contributed by atoms with E-state index in [4.69, 9.17) is 0 Å². The number of hydrazone groups is 1. The summed E-state index contributed by atoms with van der Waals surface area (Å²) in [7, 11) is 0. The maximum Gasteiger partial charge on any atom is 0.273 e. The molecule has 0 saturated heterocycles. The first-order valence-electron chi connectivity index (χ1n) is 7.08. The number of amides is 1. The van der Waals surface area contributed by atoms with Gasteiger partial charge < -0.3 is 0 Å². The molecule has 1 saturated carbocycles. The van der Waals surface area contributed by atoms with Gasteiger partial charge in [-0.1, -0.05) is 13.0 Å². The third kappa shape index (κ3) is 3.87. The largest absolute Gasteiger partial charge is 0.273 e. The SMILES string of the molecule is Cc1ccc(C(=O)NN=C2CCCC(C)C2)cc1[N+](=O)[O-]. The van der Waals surface area contributed by atoms with Crippen molar-refractivity contribution in [3.8, 4) is 0 Å². The van der Waals surface area contributed by atoms with Crippen LogP contribution in [0.2, 0.25) is 0 Å². The maximum atomic E-state index is 12.0. The van der Waals surface area contributed by atoms with Crippen molar-refractivity contribution in [1.82, 2.24) is 5.43 Å². The first-order chi connectivity index (χ1) is 9.97. The Balaban J connectivity index is 2.08. The summed E-state index contributed by atoms with van der Waals surface area (Å²) in [6.45, 7) is 3.81. The fourth-order valence-electron chi connectivity index (χ4n) is 2.50. The zero-order valence-corrected chi connectivity index (χ0v) is 12.3. The van der Waals surface area contributed by atoms with Crippen LogP contribution in [-0.4, -0.2) is 16.5 Å². The van der Waals surface area contributed by atoms with Gasteiger partial charge in [-0.2, -0.15) is 5.10 Å². The van der Waals surface area contributed by atoms with Crippen molar-refractivity contribution < 1.29 is 9.72 Å². The lowest BCUT2D eigenvalue weighted by Crippen LogP contribution is -2.22. The number of nitrogens with zero attached hydrogens (tertiary/aromatic N) is 2. The highest BCUT2D eigenvalue weighted by Crippen LogP contribution is 2.21. The van der Waals surface area contributed by atoms with E-state index in [1.807, 2.05) is 0 Å².